The van der Waals surface area contributed by atoms with Crippen molar-refractivity contribution in [2.24, 2.45) is 0 Å². The maximum atomic E-state index is 10.4. The lowest BCUT2D eigenvalue weighted by molar-refractivity contribution is 0.451. The van der Waals surface area contributed by atoms with Gasteiger partial charge in [0.15, 0.2) is 0 Å². The molecule has 2 rings (SSSR count). The summed E-state index contributed by atoms with van der Waals surface area (Å²) in [6.07, 6.45) is 0. The first kappa shape index (κ1) is 11.0. The Morgan fingerprint density at radius 1 is 1.06 bits per heavy atom. The summed E-state index contributed by atoms with van der Waals surface area (Å²) < 4.78 is 0. The van der Waals surface area contributed by atoms with Crippen LogP contribution in [0.25, 0.3) is 10.8 Å². The topological polar surface area (TPSA) is 20.2 Å². The van der Waals surface area contributed by atoms with E-state index in [4.69, 9.17) is 0 Å². The normalized spacial score (nSPS) is 12.0. The van der Waals surface area contributed by atoms with E-state index in [2.05, 4.69) is 33.8 Å². The molecular weight excluding hydrogens is 196 g/mol. The Balaban J connectivity index is 2.86. The Morgan fingerprint density at radius 2 is 1.69 bits per heavy atom. The molecule has 0 saturated heterocycles. The standard InChI is InChI=1S/C15H18O/c1-10-9-11-7-5-6-8-12(11)14(16)13(10)15(2,3)4/h5-9,16H,1-4H3. The zero-order chi connectivity index (χ0) is 11.9. The number of fused-ring (bicyclic) bond motifs is 1. The van der Waals surface area contributed by atoms with Crippen molar-refractivity contribution in [2.75, 3.05) is 0 Å². The lowest BCUT2D eigenvalue weighted by Crippen LogP contribution is -2.13. The van der Waals surface area contributed by atoms with Crippen LogP contribution in [0.1, 0.15) is 31.9 Å². The minimum atomic E-state index is -0.0296. The summed E-state index contributed by atoms with van der Waals surface area (Å²) in [4.78, 5) is 0. The van der Waals surface area contributed by atoms with E-state index in [1.165, 1.54) is 0 Å². The monoisotopic (exact) mass is 214 g/mol. The van der Waals surface area contributed by atoms with Crippen LogP contribution in [0.15, 0.2) is 30.3 Å². The molecule has 0 amide bonds. The number of rotatable bonds is 0. The summed E-state index contributed by atoms with van der Waals surface area (Å²) in [6.45, 7) is 8.45. The van der Waals surface area contributed by atoms with Gasteiger partial charge in [0, 0.05) is 10.9 Å². The van der Waals surface area contributed by atoms with Crippen molar-refractivity contribution in [1.82, 2.24) is 0 Å². The molecule has 0 aliphatic rings. The number of hydrogen-bond donors (Lipinski definition) is 1. The third-order valence-corrected chi connectivity index (χ3v) is 2.97. The van der Waals surface area contributed by atoms with Crippen molar-refractivity contribution in [3.05, 3.63) is 41.5 Å². The van der Waals surface area contributed by atoms with Gasteiger partial charge in [-0.25, -0.2) is 0 Å². The largest absolute Gasteiger partial charge is 0.507 e. The van der Waals surface area contributed by atoms with Gasteiger partial charge in [-0.1, -0.05) is 51.1 Å². The molecule has 16 heavy (non-hydrogen) atoms. The second-order valence-corrected chi connectivity index (χ2v) is 5.39. The van der Waals surface area contributed by atoms with Gasteiger partial charge in [0.1, 0.15) is 5.75 Å². The van der Waals surface area contributed by atoms with Gasteiger partial charge in [0.25, 0.3) is 0 Å². The molecule has 0 aliphatic carbocycles. The summed E-state index contributed by atoms with van der Waals surface area (Å²) in [7, 11) is 0. The van der Waals surface area contributed by atoms with Crippen molar-refractivity contribution >= 4 is 10.8 Å². The molecule has 0 atom stereocenters. The fraction of sp³-hybridized carbons (Fsp3) is 0.333. The molecule has 0 unspecified atom stereocenters. The number of aryl methyl sites for hydroxylation is 1. The molecule has 1 heteroatoms. The third-order valence-electron chi connectivity index (χ3n) is 2.97. The van der Waals surface area contributed by atoms with Crippen LogP contribution in [-0.2, 0) is 5.41 Å². The predicted molar refractivity (Wildman–Crippen MR) is 69.0 cm³/mol. The van der Waals surface area contributed by atoms with E-state index in [1.54, 1.807) is 0 Å². The lowest BCUT2D eigenvalue weighted by atomic mass is 9.82. The summed E-state index contributed by atoms with van der Waals surface area (Å²) in [5, 5.41) is 12.4. The van der Waals surface area contributed by atoms with E-state index < -0.39 is 0 Å². The second-order valence-electron chi connectivity index (χ2n) is 5.39. The third kappa shape index (κ3) is 1.67. The van der Waals surface area contributed by atoms with Crippen molar-refractivity contribution in [2.45, 2.75) is 33.1 Å². The molecule has 2 aromatic carbocycles. The highest BCUT2D eigenvalue weighted by Crippen LogP contribution is 2.38. The van der Waals surface area contributed by atoms with Crippen molar-refractivity contribution in [3.8, 4) is 5.75 Å². The SMILES string of the molecule is Cc1cc2ccccc2c(O)c1C(C)(C)C. The Hall–Kier alpha value is -1.50. The van der Waals surface area contributed by atoms with E-state index >= 15 is 0 Å². The maximum Gasteiger partial charge on any atom is 0.127 e. The molecular formula is C15H18O. The molecule has 0 aromatic heterocycles. The molecule has 0 fully saturated rings. The van der Waals surface area contributed by atoms with E-state index in [-0.39, 0.29) is 5.41 Å². The number of aromatic hydroxyl groups is 1. The van der Waals surface area contributed by atoms with Gasteiger partial charge in [-0.2, -0.15) is 0 Å². The van der Waals surface area contributed by atoms with E-state index in [9.17, 15) is 5.11 Å². The molecule has 2 aromatic rings. The van der Waals surface area contributed by atoms with Crippen molar-refractivity contribution in [3.63, 3.8) is 0 Å². The predicted octanol–water partition coefficient (Wildman–Crippen LogP) is 4.15. The number of hydrogen-bond acceptors (Lipinski definition) is 1. The Kier molecular flexibility index (Phi) is 2.42. The first-order valence-electron chi connectivity index (χ1n) is 5.63. The highest BCUT2D eigenvalue weighted by Gasteiger charge is 2.21. The smallest absolute Gasteiger partial charge is 0.127 e. The molecule has 1 N–H and O–H groups in total. The van der Waals surface area contributed by atoms with Gasteiger partial charge >= 0.3 is 0 Å². The molecule has 1 nitrogen and oxygen atoms in total. The van der Waals surface area contributed by atoms with Gasteiger partial charge in [-0.05, 0) is 23.3 Å². The van der Waals surface area contributed by atoms with E-state index in [1.807, 2.05) is 24.3 Å². The van der Waals surface area contributed by atoms with Gasteiger partial charge in [0.05, 0.1) is 0 Å². The summed E-state index contributed by atoms with van der Waals surface area (Å²) in [6, 6.07) is 10.1. The maximum absolute atomic E-state index is 10.4. The summed E-state index contributed by atoms with van der Waals surface area (Å²) >= 11 is 0. The fourth-order valence-corrected chi connectivity index (χ4v) is 2.41. The van der Waals surface area contributed by atoms with Gasteiger partial charge in [-0.3, -0.25) is 0 Å². The van der Waals surface area contributed by atoms with Gasteiger partial charge in [-0.15, -0.1) is 0 Å². The highest BCUT2D eigenvalue weighted by atomic mass is 16.3. The fourth-order valence-electron chi connectivity index (χ4n) is 2.41. The summed E-state index contributed by atoms with van der Waals surface area (Å²) in [5.41, 5.74) is 2.17. The Morgan fingerprint density at radius 3 is 2.31 bits per heavy atom. The molecule has 0 bridgehead atoms. The average Bonchev–Trinajstić information content (AvgIpc) is 2.15. The zero-order valence-corrected chi connectivity index (χ0v) is 10.3. The van der Waals surface area contributed by atoms with Crippen LogP contribution >= 0.6 is 0 Å². The number of phenolic OH excluding ortho intramolecular Hbond substituents is 1. The van der Waals surface area contributed by atoms with Crippen LogP contribution < -0.4 is 0 Å². The Bertz CT molecular complexity index is 533. The first-order chi connectivity index (χ1) is 7.41. The van der Waals surface area contributed by atoms with Crippen LogP contribution in [0, 0.1) is 6.92 Å². The molecule has 0 radical (unpaired) electrons. The quantitative estimate of drug-likeness (QED) is 0.698. The number of phenols is 1. The first-order valence-corrected chi connectivity index (χ1v) is 5.63. The van der Waals surface area contributed by atoms with Crippen molar-refractivity contribution in [1.29, 1.82) is 0 Å². The lowest BCUT2D eigenvalue weighted by Gasteiger charge is -2.24. The highest BCUT2D eigenvalue weighted by molar-refractivity contribution is 5.90. The van der Waals surface area contributed by atoms with Crippen LogP contribution in [0.2, 0.25) is 0 Å². The van der Waals surface area contributed by atoms with Crippen LogP contribution in [0.3, 0.4) is 0 Å². The van der Waals surface area contributed by atoms with Crippen LogP contribution in [0.4, 0.5) is 0 Å². The molecule has 0 aliphatic heterocycles. The van der Waals surface area contributed by atoms with Crippen LogP contribution in [0.5, 0.6) is 5.75 Å². The molecule has 84 valence electrons. The van der Waals surface area contributed by atoms with Gasteiger partial charge in [0.2, 0.25) is 0 Å². The Labute approximate surface area is 96.7 Å². The minimum absolute atomic E-state index is 0.0296. The summed E-state index contributed by atoms with van der Waals surface area (Å²) in [5.74, 6) is 0.433. The second kappa shape index (κ2) is 3.51. The average molecular weight is 214 g/mol. The molecule has 0 heterocycles. The minimum Gasteiger partial charge on any atom is -0.507 e. The molecule has 0 saturated carbocycles. The van der Waals surface area contributed by atoms with Crippen LogP contribution in [-0.4, -0.2) is 5.11 Å². The molecule has 0 spiro atoms. The van der Waals surface area contributed by atoms with Gasteiger partial charge < -0.3 is 5.11 Å². The van der Waals surface area contributed by atoms with E-state index in [0.717, 1.165) is 21.9 Å². The zero-order valence-electron chi connectivity index (χ0n) is 10.3. The van der Waals surface area contributed by atoms with Crippen molar-refractivity contribution < 1.29 is 5.11 Å². The van der Waals surface area contributed by atoms with E-state index in [0.29, 0.717) is 5.75 Å². The number of benzene rings is 2.